The molecule has 7 nitrogen and oxygen atoms in total. The Morgan fingerprint density at radius 3 is 2.60 bits per heavy atom. The van der Waals surface area contributed by atoms with Crippen molar-refractivity contribution < 1.29 is 23.2 Å². The van der Waals surface area contributed by atoms with Crippen LogP contribution in [0.25, 0.3) is 0 Å². The monoisotopic (exact) mass is 416 g/mol. The van der Waals surface area contributed by atoms with E-state index in [0.717, 1.165) is 24.7 Å². The molecule has 0 aliphatic carbocycles. The predicted octanol–water partition coefficient (Wildman–Crippen LogP) is 1.83. The molecule has 0 fully saturated rings. The SMILES string of the molecule is CC(=O)NCC(=O)Nc1cc(C(=O)NCCN2CCc3ccccc32)c(F)cc1F. The molecule has 2 aromatic carbocycles. The van der Waals surface area contributed by atoms with E-state index in [4.69, 9.17) is 0 Å². The normalized spacial score (nSPS) is 12.3. The smallest absolute Gasteiger partial charge is 0.254 e. The van der Waals surface area contributed by atoms with E-state index >= 15 is 0 Å². The van der Waals surface area contributed by atoms with Crippen molar-refractivity contribution in [1.82, 2.24) is 10.6 Å². The van der Waals surface area contributed by atoms with Crippen molar-refractivity contribution in [3.63, 3.8) is 0 Å². The van der Waals surface area contributed by atoms with Crippen LogP contribution in [0.2, 0.25) is 0 Å². The second-order valence-corrected chi connectivity index (χ2v) is 6.89. The number of para-hydroxylation sites is 1. The predicted molar refractivity (Wildman–Crippen MR) is 108 cm³/mol. The van der Waals surface area contributed by atoms with E-state index in [0.29, 0.717) is 12.6 Å². The highest BCUT2D eigenvalue weighted by Gasteiger charge is 2.20. The Balaban J connectivity index is 1.60. The number of benzene rings is 2. The highest BCUT2D eigenvalue weighted by atomic mass is 19.1. The molecule has 0 atom stereocenters. The summed E-state index contributed by atoms with van der Waals surface area (Å²) in [6, 6.07) is 9.49. The van der Waals surface area contributed by atoms with Crippen LogP contribution in [0, 0.1) is 11.6 Å². The van der Waals surface area contributed by atoms with Crippen LogP contribution in [-0.4, -0.2) is 43.9 Å². The minimum Gasteiger partial charge on any atom is -0.369 e. The standard InChI is InChI=1S/C21H22F2N4O3/c1-13(28)25-12-20(29)26-18-10-15(16(22)11-17(18)23)21(30)24-7-9-27-8-6-14-4-2-3-5-19(14)27/h2-5,10-11H,6-9,12H2,1H3,(H,24,30)(H,25,28)(H,26,29). The van der Waals surface area contributed by atoms with Gasteiger partial charge in [0, 0.05) is 38.3 Å². The quantitative estimate of drug-likeness (QED) is 0.642. The van der Waals surface area contributed by atoms with Gasteiger partial charge in [0.15, 0.2) is 0 Å². The Bertz CT molecular complexity index is 981. The summed E-state index contributed by atoms with van der Waals surface area (Å²) >= 11 is 0. The number of rotatable bonds is 7. The largest absolute Gasteiger partial charge is 0.369 e. The summed E-state index contributed by atoms with van der Waals surface area (Å²) in [5.41, 5.74) is 1.63. The molecule has 1 aliphatic heterocycles. The molecule has 2 aromatic rings. The summed E-state index contributed by atoms with van der Waals surface area (Å²) in [6.07, 6.45) is 0.929. The number of amides is 3. The van der Waals surface area contributed by atoms with Gasteiger partial charge in [-0.25, -0.2) is 8.78 Å². The Morgan fingerprint density at radius 2 is 1.83 bits per heavy atom. The molecule has 0 unspecified atom stereocenters. The second kappa shape index (κ2) is 9.34. The van der Waals surface area contributed by atoms with Crippen LogP contribution in [0.1, 0.15) is 22.8 Å². The van der Waals surface area contributed by atoms with E-state index in [2.05, 4.69) is 26.9 Å². The van der Waals surface area contributed by atoms with E-state index in [1.807, 2.05) is 18.2 Å². The van der Waals surface area contributed by atoms with Gasteiger partial charge in [0.2, 0.25) is 11.8 Å². The van der Waals surface area contributed by atoms with Crippen LogP contribution >= 0.6 is 0 Å². The van der Waals surface area contributed by atoms with Crippen LogP contribution in [0.3, 0.4) is 0 Å². The third-order valence-corrected chi connectivity index (χ3v) is 4.72. The molecule has 0 aromatic heterocycles. The number of nitrogens with one attached hydrogen (secondary N) is 3. The van der Waals surface area contributed by atoms with Crippen molar-refractivity contribution in [3.8, 4) is 0 Å². The maximum Gasteiger partial charge on any atom is 0.254 e. The van der Waals surface area contributed by atoms with Gasteiger partial charge in [-0.15, -0.1) is 0 Å². The van der Waals surface area contributed by atoms with Gasteiger partial charge in [-0.3, -0.25) is 14.4 Å². The molecule has 3 rings (SSSR count). The zero-order valence-corrected chi connectivity index (χ0v) is 16.4. The first kappa shape index (κ1) is 21.2. The third-order valence-electron chi connectivity index (χ3n) is 4.72. The van der Waals surface area contributed by atoms with Gasteiger partial charge in [0.25, 0.3) is 5.91 Å². The number of fused-ring (bicyclic) bond motifs is 1. The molecule has 3 N–H and O–H groups in total. The highest BCUT2D eigenvalue weighted by Crippen LogP contribution is 2.26. The summed E-state index contributed by atoms with van der Waals surface area (Å²) in [5, 5.41) is 7.11. The van der Waals surface area contributed by atoms with Crippen molar-refractivity contribution in [2.24, 2.45) is 0 Å². The van der Waals surface area contributed by atoms with E-state index in [1.165, 1.54) is 12.5 Å². The van der Waals surface area contributed by atoms with Gasteiger partial charge in [-0.2, -0.15) is 0 Å². The van der Waals surface area contributed by atoms with Crippen molar-refractivity contribution in [2.45, 2.75) is 13.3 Å². The summed E-state index contributed by atoms with van der Waals surface area (Å²) in [4.78, 5) is 37.1. The van der Waals surface area contributed by atoms with E-state index < -0.39 is 29.4 Å². The first-order valence-corrected chi connectivity index (χ1v) is 9.49. The first-order chi connectivity index (χ1) is 14.3. The Morgan fingerprint density at radius 1 is 1.07 bits per heavy atom. The first-order valence-electron chi connectivity index (χ1n) is 9.49. The van der Waals surface area contributed by atoms with Gasteiger partial charge in [0.05, 0.1) is 17.8 Å². The van der Waals surface area contributed by atoms with Crippen LogP contribution in [0.15, 0.2) is 36.4 Å². The number of hydrogen-bond donors (Lipinski definition) is 3. The molecule has 9 heteroatoms. The summed E-state index contributed by atoms with van der Waals surface area (Å²) in [6.45, 7) is 2.52. The molecule has 3 amide bonds. The molecule has 0 saturated carbocycles. The zero-order chi connectivity index (χ0) is 21.7. The van der Waals surface area contributed by atoms with Crippen LogP contribution in [0.4, 0.5) is 20.2 Å². The number of nitrogens with zero attached hydrogens (tertiary/aromatic N) is 1. The van der Waals surface area contributed by atoms with Gasteiger partial charge in [-0.05, 0) is 24.1 Å². The number of halogens is 2. The molecule has 0 bridgehead atoms. The Kier molecular flexibility index (Phi) is 6.61. The summed E-state index contributed by atoms with van der Waals surface area (Å²) in [5.74, 6) is -3.89. The van der Waals surface area contributed by atoms with Gasteiger partial charge in [-0.1, -0.05) is 18.2 Å². The molecule has 0 spiro atoms. The number of hydrogen-bond acceptors (Lipinski definition) is 4. The maximum atomic E-state index is 14.1. The van der Waals surface area contributed by atoms with Crippen molar-refractivity contribution in [1.29, 1.82) is 0 Å². The number of anilines is 2. The molecule has 1 aliphatic rings. The fourth-order valence-electron chi connectivity index (χ4n) is 3.26. The minimum atomic E-state index is -1.03. The van der Waals surface area contributed by atoms with Crippen LogP contribution in [0.5, 0.6) is 0 Å². The Labute approximate surface area is 172 Å². The minimum absolute atomic E-state index is 0.272. The van der Waals surface area contributed by atoms with Crippen LogP contribution < -0.4 is 20.9 Å². The number of carbonyl (C=O) groups is 3. The molecular weight excluding hydrogens is 394 g/mol. The average molecular weight is 416 g/mol. The summed E-state index contributed by atoms with van der Waals surface area (Å²) < 4.78 is 28.1. The lowest BCUT2D eigenvalue weighted by Gasteiger charge is -2.19. The van der Waals surface area contributed by atoms with Crippen molar-refractivity contribution in [2.75, 3.05) is 36.4 Å². The van der Waals surface area contributed by atoms with E-state index in [-0.39, 0.29) is 24.3 Å². The highest BCUT2D eigenvalue weighted by molar-refractivity contribution is 5.98. The number of carbonyl (C=O) groups excluding carboxylic acids is 3. The lowest BCUT2D eigenvalue weighted by molar-refractivity contribution is -0.122. The molecule has 1 heterocycles. The fraction of sp³-hybridized carbons (Fsp3) is 0.286. The van der Waals surface area contributed by atoms with E-state index in [1.54, 1.807) is 0 Å². The van der Waals surface area contributed by atoms with Gasteiger partial charge in [0.1, 0.15) is 11.6 Å². The van der Waals surface area contributed by atoms with Crippen molar-refractivity contribution in [3.05, 3.63) is 59.2 Å². The van der Waals surface area contributed by atoms with E-state index in [9.17, 15) is 23.2 Å². The molecule has 30 heavy (non-hydrogen) atoms. The topological polar surface area (TPSA) is 90.5 Å². The second-order valence-electron chi connectivity index (χ2n) is 6.89. The Hall–Kier alpha value is -3.49. The molecule has 158 valence electrons. The lowest BCUT2D eigenvalue weighted by atomic mass is 10.1. The molecular formula is C21H22F2N4O3. The molecule has 0 radical (unpaired) electrons. The van der Waals surface area contributed by atoms with Crippen molar-refractivity contribution >= 4 is 29.1 Å². The lowest BCUT2D eigenvalue weighted by Crippen LogP contribution is -2.34. The van der Waals surface area contributed by atoms with Gasteiger partial charge >= 0.3 is 0 Å². The maximum absolute atomic E-state index is 14.1. The third kappa shape index (κ3) is 5.11. The van der Waals surface area contributed by atoms with Crippen LogP contribution in [-0.2, 0) is 16.0 Å². The fourth-order valence-corrected chi connectivity index (χ4v) is 3.26. The average Bonchev–Trinajstić information content (AvgIpc) is 3.11. The summed E-state index contributed by atoms with van der Waals surface area (Å²) in [7, 11) is 0. The zero-order valence-electron chi connectivity index (χ0n) is 16.4. The van der Waals surface area contributed by atoms with Gasteiger partial charge < -0.3 is 20.9 Å². The molecule has 0 saturated heterocycles.